The molecule has 0 amide bonds. The van der Waals surface area contributed by atoms with Crippen LogP contribution in [0.5, 0.6) is 5.75 Å². The van der Waals surface area contributed by atoms with Crippen molar-refractivity contribution < 1.29 is 23.0 Å². The average Bonchev–Trinajstić information content (AvgIpc) is 2.59. The van der Waals surface area contributed by atoms with Gasteiger partial charge in [0.05, 0.1) is 6.16 Å². The van der Waals surface area contributed by atoms with Crippen molar-refractivity contribution in [2.24, 2.45) is 0 Å². The first-order chi connectivity index (χ1) is 11.2. The summed E-state index contributed by atoms with van der Waals surface area (Å²) >= 11 is 0. The predicted octanol–water partition coefficient (Wildman–Crippen LogP) is 3.14. The van der Waals surface area contributed by atoms with Crippen molar-refractivity contribution >= 4 is 14.7 Å². The van der Waals surface area contributed by atoms with Crippen LogP contribution in [0.3, 0.4) is 0 Å². The summed E-state index contributed by atoms with van der Waals surface area (Å²) in [4.78, 5) is 23.4. The minimum atomic E-state index is -1.21. The Morgan fingerprint density at radius 1 is 1.17 bits per heavy atom. The Morgan fingerprint density at radius 3 is 2.48 bits per heavy atom. The Kier molecular flexibility index (Phi) is 6.47. The summed E-state index contributed by atoms with van der Waals surface area (Å²) in [6.45, 7) is 0.175. The van der Waals surface area contributed by atoms with Gasteiger partial charge in [-0.25, -0.2) is 0 Å². The Hall–Kier alpha value is -2.01. The van der Waals surface area contributed by atoms with Crippen molar-refractivity contribution in [2.75, 3.05) is 14.2 Å². The second-order valence-corrected chi connectivity index (χ2v) is 6.23. The van der Waals surface area contributed by atoms with E-state index in [0.717, 1.165) is 5.56 Å². The Bertz CT molecular complexity index is 693. The lowest BCUT2D eigenvalue weighted by molar-refractivity contribution is 0.108. The number of ether oxygens (including phenoxy) is 1. The van der Waals surface area contributed by atoms with E-state index in [1.165, 1.54) is 20.3 Å². The maximum atomic E-state index is 12.2. The largest absolute Gasteiger partial charge is 0.481 e. The SMILES string of the molecule is COP(Cc1cc(=O)c(OCc2ccccc2)c(C=O)o1)OC. The summed E-state index contributed by atoms with van der Waals surface area (Å²) in [5, 5.41) is 0. The molecule has 0 radical (unpaired) electrons. The van der Waals surface area contributed by atoms with Gasteiger partial charge in [-0.15, -0.1) is 0 Å². The van der Waals surface area contributed by atoms with Gasteiger partial charge in [0.15, 0.2) is 14.7 Å². The minimum Gasteiger partial charge on any atom is -0.481 e. The zero-order valence-corrected chi connectivity index (χ0v) is 13.7. The molecule has 0 aliphatic carbocycles. The minimum absolute atomic E-state index is 0.0910. The lowest BCUT2D eigenvalue weighted by Crippen LogP contribution is -2.11. The normalized spacial score (nSPS) is 10.7. The van der Waals surface area contributed by atoms with Crippen LogP contribution in [0.25, 0.3) is 0 Å². The smallest absolute Gasteiger partial charge is 0.227 e. The standard InChI is InChI=1S/C16H17O6P/c1-19-23(20-2)11-13-8-14(18)16(15(9-17)22-13)21-10-12-6-4-3-5-7-12/h3-9H,10-11H2,1-2H3. The van der Waals surface area contributed by atoms with E-state index in [-0.39, 0.29) is 24.3 Å². The van der Waals surface area contributed by atoms with Crippen molar-refractivity contribution in [2.45, 2.75) is 12.8 Å². The molecule has 0 aliphatic heterocycles. The zero-order valence-electron chi connectivity index (χ0n) is 12.9. The van der Waals surface area contributed by atoms with Crippen LogP contribution in [0.2, 0.25) is 0 Å². The van der Waals surface area contributed by atoms with E-state index in [4.69, 9.17) is 18.2 Å². The molecule has 1 aromatic carbocycles. The fourth-order valence-electron chi connectivity index (χ4n) is 1.91. The molecule has 7 heteroatoms. The van der Waals surface area contributed by atoms with Gasteiger partial charge in [0, 0.05) is 20.3 Å². The predicted molar refractivity (Wildman–Crippen MR) is 85.8 cm³/mol. The van der Waals surface area contributed by atoms with Crippen LogP contribution in [0.15, 0.2) is 45.6 Å². The Labute approximate surface area is 134 Å². The van der Waals surface area contributed by atoms with Crippen LogP contribution in [0.1, 0.15) is 21.9 Å². The molecule has 0 bridgehead atoms. The molecular weight excluding hydrogens is 319 g/mol. The summed E-state index contributed by atoms with van der Waals surface area (Å²) in [6, 6.07) is 10.6. The average molecular weight is 336 g/mol. The van der Waals surface area contributed by atoms with Gasteiger partial charge in [-0.3, -0.25) is 9.59 Å². The number of rotatable bonds is 8. The zero-order chi connectivity index (χ0) is 16.7. The van der Waals surface area contributed by atoms with Crippen molar-refractivity contribution in [3.8, 4) is 5.75 Å². The van der Waals surface area contributed by atoms with E-state index in [0.29, 0.717) is 12.0 Å². The van der Waals surface area contributed by atoms with Gasteiger partial charge in [-0.05, 0) is 5.56 Å². The van der Waals surface area contributed by atoms with E-state index >= 15 is 0 Å². The number of aldehydes is 1. The number of hydrogen-bond donors (Lipinski definition) is 0. The third kappa shape index (κ3) is 4.73. The van der Waals surface area contributed by atoms with Crippen LogP contribution >= 0.6 is 8.38 Å². The van der Waals surface area contributed by atoms with Gasteiger partial charge in [0.1, 0.15) is 12.4 Å². The van der Waals surface area contributed by atoms with Crippen LogP contribution in [0.4, 0.5) is 0 Å². The van der Waals surface area contributed by atoms with Gasteiger partial charge in [0.2, 0.25) is 16.9 Å². The van der Waals surface area contributed by atoms with Crippen molar-refractivity contribution in [3.05, 3.63) is 63.7 Å². The monoisotopic (exact) mass is 336 g/mol. The highest BCUT2D eigenvalue weighted by Crippen LogP contribution is 2.40. The van der Waals surface area contributed by atoms with Crippen molar-refractivity contribution in [3.63, 3.8) is 0 Å². The highest BCUT2D eigenvalue weighted by Gasteiger charge is 2.17. The number of hydrogen-bond acceptors (Lipinski definition) is 6. The van der Waals surface area contributed by atoms with Crippen molar-refractivity contribution in [1.29, 1.82) is 0 Å². The van der Waals surface area contributed by atoms with Crippen molar-refractivity contribution in [1.82, 2.24) is 0 Å². The highest BCUT2D eigenvalue weighted by atomic mass is 31.2. The Balaban J connectivity index is 2.20. The molecule has 2 rings (SSSR count). The number of carbonyl (C=O) groups is 1. The first kappa shape index (κ1) is 17.3. The molecule has 0 N–H and O–H groups in total. The molecule has 0 saturated heterocycles. The molecule has 0 unspecified atom stereocenters. The molecular formula is C16H17O6P. The summed E-state index contributed by atoms with van der Waals surface area (Å²) < 4.78 is 21.1. The lowest BCUT2D eigenvalue weighted by atomic mass is 10.2. The second-order valence-electron chi connectivity index (χ2n) is 4.52. The third-order valence-electron chi connectivity index (χ3n) is 3.01. The van der Waals surface area contributed by atoms with Gasteiger partial charge >= 0.3 is 0 Å². The van der Waals surface area contributed by atoms with Crippen LogP contribution < -0.4 is 10.2 Å². The first-order valence-electron chi connectivity index (χ1n) is 6.82. The molecule has 23 heavy (non-hydrogen) atoms. The first-order valence-corrected chi connectivity index (χ1v) is 8.19. The third-order valence-corrected chi connectivity index (χ3v) is 4.39. The van der Waals surface area contributed by atoms with Gasteiger partial charge in [-0.1, -0.05) is 30.3 Å². The molecule has 0 saturated carbocycles. The molecule has 0 aliphatic rings. The second kappa shape index (κ2) is 8.58. The summed E-state index contributed by atoms with van der Waals surface area (Å²) in [6.07, 6.45) is 0.741. The molecule has 0 atom stereocenters. The summed E-state index contributed by atoms with van der Waals surface area (Å²) in [5.41, 5.74) is 0.474. The van der Waals surface area contributed by atoms with E-state index in [1.807, 2.05) is 30.3 Å². The number of carbonyl (C=O) groups excluding carboxylic acids is 1. The fourth-order valence-corrected chi connectivity index (χ4v) is 2.73. The molecule has 1 aromatic heterocycles. The van der Waals surface area contributed by atoms with Crippen LogP contribution in [-0.4, -0.2) is 20.5 Å². The summed E-state index contributed by atoms with van der Waals surface area (Å²) in [7, 11) is 1.81. The van der Waals surface area contributed by atoms with Gasteiger partial charge in [0.25, 0.3) is 0 Å². The maximum absolute atomic E-state index is 12.2. The quantitative estimate of drug-likeness (QED) is 0.544. The maximum Gasteiger partial charge on any atom is 0.227 e. The van der Waals surface area contributed by atoms with Crippen LogP contribution in [-0.2, 0) is 21.8 Å². The van der Waals surface area contributed by atoms with E-state index in [9.17, 15) is 9.59 Å². The van der Waals surface area contributed by atoms with Crippen LogP contribution in [0, 0.1) is 0 Å². The molecule has 6 nitrogen and oxygen atoms in total. The van der Waals surface area contributed by atoms with E-state index in [1.54, 1.807) is 0 Å². The fraction of sp³-hybridized carbons (Fsp3) is 0.250. The lowest BCUT2D eigenvalue weighted by Gasteiger charge is -2.12. The molecule has 0 fully saturated rings. The van der Waals surface area contributed by atoms with E-state index < -0.39 is 13.8 Å². The molecule has 1 heterocycles. The summed E-state index contributed by atoms with van der Waals surface area (Å²) in [5.74, 6) is 0.0938. The highest BCUT2D eigenvalue weighted by molar-refractivity contribution is 7.46. The molecule has 0 spiro atoms. The van der Waals surface area contributed by atoms with Gasteiger partial charge in [-0.2, -0.15) is 0 Å². The Morgan fingerprint density at radius 2 is 1.87 bits per heavy atom. The number of benzene rings is 1. The molecule has 122 valence electrons. The topological polar surface area (TPSA) is 75.0 Å². The van der Waals surface area contributed by atoms with Gasteiger partial charge < -0.3 is 18.2 Å². The van der Waals surface area contributed by atoms with E-state index in [2.05, 4.69) is 0 Å². The molecule has 2 aromatic rings.